The number of carbonyl (C=O) groups is 1. The van der Waals surface area contributed by atoms with Gasteiger partial charge in [0.25, 0.3) is 0 Å². The van der Waals surface area contributed by atoms with Crippen LogP contribution in [0.15, 0.2) is 94.2 Å². The highest BCUT2D eigenvalue weighted by Crippen LogP contribution is 2.36. The number of aryl methyl sites for hydroxylation is 1. The van der Waals surface area contributed by atoms with Crippen LogP contribution in [0.2, 0.25) is 0 Å². The van der Waals surface area contributed by atoms with E-state index in [1.54, 1.807) is 0 Å². The molecule has 3 aliphatic heterocycles. The molecule has 3 unspecified atom stereocenters. The lowest BCUT2D eigenvalue weighted by atomic mass is 9.80. The molecule has 3 fully saturated rings. The summed E-state index contributed by atoms with van der Waals surface area (Å²) in [5, 5.41) is 5.99. The number of nitrogens with zero attached hydrogens (tertiary/aromatic N) is 2. The maximum absolute atomic E-state index is 11.4. The normalized spacial score (nSPS) is 17.5. The zero-order valence-corrected chi connectivity index (χ0v) is 36.5. The van der Waals surface area contributed by atoms with Gasteiger partial charge < -0.3 is 18.9 Å². The molecule has 8 rings (SSSR count). The Balaban J connectivity index is 0.000000204. The van der Waals surface area contributed by atoms with Crippen molar-refractivity contribution in [2.45, 2.75) is 105 Å². The van der Waals surface area contributed by atoms with Crippen LogP contribution in [0.3, 0.4) is 0 Å². The number of aldehydes is 1. The summed E-state index contributed by atoms with van der Waals surface area (Å²) >= 11 is 0. The van der Waals surface area contributed by atoms with E-state index in [4.69, 9.17) is 8.83 Å². The molecule has 0 radical (unpaired) electrons. The van der Waals surface area contributed by atoms with Crippen molar-refractivity contribution in [2.75, 3.05) is 39.3 Å². The average molecular weight is 774 g/mol. The minimum absolute atomic E-state index is 0.0786. The van der Waals surface area contributed by atoms with Gasteiger partial charge in [-0.05, 0) is 99.6 Å². The van der Waals surface area contributed by atoms with E-state index >= 15 is 0 Å². The Labute approximate surface area is 331 Å². The van der Waals surface area contributed by atoms with Gasteiger partial charge in [-0.1, -0.05) is 121 Å². The van der Waals surface area contributed by atoms with E-state index in [1.807, 2.05) is 90.5 Å². The van der Waals surface area contributed by atoms with Crippen molar-refractivity contribution >= 4 is 47.0 Å². The van der Waals surface area contributed by atoms with Gasteiger partial charge in [0, 0.05) is 54.0 Å². The molecule has 5 heterocycles. The van der Waals surface area contributed by atoms with Gasteiger partial charge in [-0.15, -0.1) is 0 Å². The fourth-order valence-corrected chi connectivity index (χ4v) is 8.25. The fourth-order valence-electron chi connectivity index (χ4n) is 7.65. The number of nitrogens with one attached hydrogen (secondary N) is 1. The van der Waals surface area contributed by atoms with E-state index < -0.39 is 0 Å². The summed E-state index contributed by atoms with van der Waals surface area (Å²) < 4.78 is 15.8. The quantitative estimate of drug-likeness (QED) is 0.142. The average Bonchev–Trinajstić information content (AvgIpc) is 3.88. The summed E-state index contributed by atoms with van der Waals surface area (Å²) in [6, 6.07) is 24.9. The smallest absolute Gasteiger partial charge is 0.134 e. The molecule has 2 aromatic heterocycles. The molecular formula is C46H69N3O3P2. The van der Waals surface area contributed by atoms with Crippen molar-refractivity contribution in [1.29, 1.82) is 0 Å². The SMILES string of the molecule is CC.CC.CC.Cc1ccccc1C(C=O)C1CCN(P)CC1.PN1CCC(c2coc3ccccc23)CC1.c1ccc2c(C3CCNCC3)coc2c1. The Bertz CT molecular complexity index is 1730. The summed E-state index contributed by atoms with van der Waals surface area (Å²) in [6.45, 7) is 20.8. The molecule has 0 amide bonds. The summed E-state index contributed by atoms with van der Waals surface area (Å²) in [5.74, 6) is 1.93. The third-order valence-corrected chi connectivity index (χ3v) is 11.6. The maximum atomic E-state index is 11.4. The van der Waals surface area contributed by atoms with E-state index in [0.29, 0.717) is 17.8 Å². The van der Waals surface area contributed by atoms with Gasteiger partial charge in [-0.3, -0.25) is 9.34 Å². The van der Waals surface area contributed by atoms with E-state index in [0.717, 1.165) is 69.6 Å². The lowest BCUT2D eigenvalue weighted by Gasteiger charge is -2.32. The van der Waals surface area contributed by atoms with E-state index in [9.17, 15) is 4.79 Å². The monoisotopic (exact) mass is 773 g/mol. The Morgan fingerprint density at radius 2 is 1.06 bits per heavy atom. The first kappa shape index (κ1) is 45.5. The van der Waals surface area contributed by atoms with E-state index in [2.05, 4.69) is 76.8 Å². The van der Waals surface area contributed by atoms with Gasteiger partial charge in [0.1, 0.15) is 17.5 Å². The number of piperidine rings is 3. The number of hydrogen-bond donors (Lipinski definition) is 1. The van der Waals surface area contributed by atoms with E-state index in [1.165, 1.54) is 58.7 Å². The third-order valence-electron chi connectivity index (χ3n) is 10.5. The second-order valence-electron chi connectivity index (χ2n) is 13.6. The van der Waals surface area contributed by atoms with Crippen molar-refractivity contribution in [2.24, 2.45) is 5.92 Å². The van der Waals surface area contributed by atoms with Crippen molar-refractivity contribution < 1.29 is 13.6 Å². The number of para-hydroxylation sites is 2. The number of fused-ring (bicyclic) bond motifs is 2. The molecule has 3 atom stereocenters. The minimum atomic E-state index is 0.0786. The highest BCUT2D eigenvalue weighted by Gasteiger charge is 2.27. The first-order chi connectivity index (χ1) is 26.5. The highest BCUT2D eigenvalue weighted by molar-refractivity contribution is 7.13. The Morgan fingerprint density at radius 1 is 0.630 bits per heavy atom. The maximum Gasteiger partial charge on any atom is 0.134 e. The number of furan rings is 2. The van der Waals surface area contributed by atoms with Crippen molar-refractivity contribution in [3.8, 4) is 0 Å². The van der Waals surface area contributed by atoms with Gasteiger partial charge in [-0.25, -0.2) is 0 Å². The molecule has 3 saturated heterocycles. The van der Waals surface area contributed by atoms with Crippen LogP contribution >= 0.6 is 18.8 Å². The van der Waals surface area contributed by atoms with Crippen LogP contribution < -0.4 is 5.32 Å². The molecular weight excluding hydrogens is 704 g/mol. The molecule has 0 aliphatic carbocycles. The Kier molecular flexibility index (Phi) is 21.4. The topological polar surface area (TPSA) is 61.9 Å². The number of carbonyl (C=O) groups excluding carboxylic acids is 1. The molecule has 0 bridgehead atoms. The van der Waals surface area contributed by atoms with Gasteiger partial charge in [-0.2, -0.15) is 0 Å². The Hall–Kier alpha value is -2.85. The third kappa shape index (κ3) is 12.9. The molecule has 296 valence electrons. The van der Waals surface area contributed by atoms with E-state index in [-0.39, 0.29) is 5.92 Å². The zero-order valence-electron chi connectivity index (χ0n) is 34.2. The predicted molar refractivity (Wildman–Crippen MR) is 239 cm³/mol. The lowest BCUT2D eigenvalue weighted by molar-refractivity contribution is -0.110. The molecule has 0 spiro atoms. The summed E-state index contributed by atoms with van der Waals surface area (Å²) in [5.41, 5.74) is 7.28. The standard InChI is InChI=1S/C14H20NOP.C13H16NOP.C13H15NO.3C2H6/c1-11-4-2-3-5-13(11)14(10-16)12-6-8-15(17)9-7-12;16-14-7-5-10(6-8-14)12-9-15-13-4-2-1-3-11(12)13;1-2-4-13-11(3-1)12(9-15-13)10-5-7-14-8-6-10;3*1-2/h2-5,10,12,14H,6-9,17H2,1H3;1-4,9-10H,5-8,16H2;1-4,9-10,14H,5-8H2;3*1-2H3. The molecule has 1 N–H and O–H groups in total. The molecule has 0 saturated carbocycles. The molecule has 3 aromatic carbocycles. The van der Waals surface area contributed by atoms with Crippen LogP contribution in [0, 0.1) is 12.8 Å². The van der Waals surface area contributed by atoms with Crippen LogP contribution in [-0.4, -0.2) is 54.9 Å². The molecule has 6 nitrogen and oxygen atoms in total. The predicted octanol–water partition coefficient (Wildman–Crippen LogP) is 12.2. The molecule has 8 heteroatoms. The fraction of sp³-hybridized carbons (Fsp3) is 0.500. The van der Waals surface area contributed by atoms with Crippen molar-refractivity contribution in [1.82, 2.24) is 14.7 Å². The summed E-state index contributed by atoms with van der Waals surface area (Å²) in [4.78, 5) is 11.4. The molecule has 3 aliphatic rings. The minimum Gasteiger partial charge on any atom is -0.464 e. The zero-order chi connectivity index (χ0) is 39.3. The Morgan fingerprint density at radius 3 is 1.54 bits per heavy atom. The second kappa shape index (κ2) is 25.3. The van der Waals surface area contributed by atoms with Gasteiger partial charge in [0.05, 0.1) is 12.5 Å². The highest BCUT2D eigenvalue weighted by atomic mass is 31.0. The van der Waals surface area contributed by atoms with Crippen LogP contribution in [-0.2, 0) is 4.79 Å². The first-order valence-corrected chi connectivity index (χ1v) is 21.7. The second-order valence-corrected chi connectivity index (χ2v) is 15.1. The largest absolute Gasteiger partial charge is 0.464 e. The van der Waals surface area contributed by atoms with Gasteiger partial charge >= 0.3 is 0 Å². The van der Waals surface area contributed by atoms with Gasteiger partial charge in [0.15, 0.2) is 0 Å². The van der Waals surface area contributed by atoms with Crippen LogP contribution in [0.4, 0.5) is 0 Å². The van der Waals surface area contributed by atoms with Crippen molar-refractivity contribution in [3.05, 3.63) is 108 Å². The molecule has 54 heavy (non-hydrogen) atoms. The lowest BCUT2D eigenvalue weighted by Crippen LogP contribution is -2.30. The molecule has 5 aromatic rings. The van der Waals surface area contributed by atoms with Crippen molar-refractivity contribution in [3.63, 3.8) is 0 Å². The summed E-state index contributed by atoms with van der Waals surface area (Å²) in [7, 11) is 5.55. The number of rotatable bonds is 5. The van der Waals surface area contributed by atoms with Crippen LogP contribution in [0.5, 0.6) is 0 Å². The van der Waals surface area contributed by atoms with Crippen LogP contribution in [0.25, 0.3) is 21.9 Å². The van der Waals surface area contributed by atoms with Crippen LogP contribution in [0.1, 0.15) is 120 Å². The first-order valence-electron chi connectivity index (χ1n) is 20.6. The number of hydrogen-bond acceptors (Lipinski definition) is 6. The summed E-state index contributed by atoms with van der Waals surface area (Å²) in [6.07, 6.45) is 12.2. The van der Waals surface area contributed by atoms with Gasteiger partial charge in [0.2, 0.25) is 0 Å². The number of benzene rings is 3.